The van der Waals surface area contributed by atoms with Crippen molar-refractivity contribution in [2.45, 2.75) is 16.3 Å². The van der Waals surface area contributed by atoms with E-state index < -0.39 is 0 Å². The van der Waals surface area contributed by atoms with Crippen LogP contribution in [0.25, 0.3) is 22.3 Å². The van der Waals surface area contributed by atoms with Crippen molar-refractivity contribution in [3.63, 3.8) is 0 Å². The van der Waals surface area contributed by atoms with Gasteiger partial charge in [0.2, 0.25) is 0 Å². The van der Waals surface area contributed by atoms with Crippen LogP contribution in [0.1, 0.15) is 0 Å². The number of anilines is 1. The van der Waals surface area contributed by atoms with E-state index in [1.165, 1.54) is 26.4 Å². The lowest BCUT2D eigenvalue weighted by molar-refractivity contribution is 0.377. The minimum absolute atomic E-state index is 0.864. The van der Waals surface area contributed by atoms with Crippen LogP contribution in [0.3, 0.4) is 0 Å². The molecule has 0 radical (unpaired) electrons. The van der Waals surface area contributed by atoms with Crippen molar-refractivity contribution in [2.75, 3.05) is 53.1 Å². The maximum Gasteiger partial charge on any atom is 0.121 e. The van der Waals surface area contributed by atoms with Gasteiger partial charge in [0.1, 0.15) is 11.4 Å². The molecule has 0 aliphatic carbocycles. The molecule has 3 aromatic rings. The molecule has 0 fully saturated rings. The van der Waals surface area contributed by atoms with E-state index in [0.717, 1.165) is 37.6 Å². The number of nitrogens with zero attached hydrogens (tertiary/aromatic N) is 5. The molecule has 1 aliphatic heterocycles. The van der Waals surface area contributed by atoms with Gasteiger partial charge in [-0.25, -0.2) is 0 Å². The van der Waals surface area contributed by atoms with E-state index in [9.17, 15) is 0 Å². The van der Waals surface area contributed by atoms with Crippen LogP contribution in [0.15, 0.2) is 40.3 Å². The Morgan fingerprint density at radius 2 is 1.85 bits per heavy atom. The van der Waals surface area contributed by atoms with Crippen LogP contribution < -0.4 is 5.32 Å². The second-order valence-electron chi connectivity index (χ2n) is 7.39. The van der Waals surface area contributed by atoms with Gasteiger partial charge in [-0.1, -0.05) is 11.8 Å². The fraction of sp³-hybridized carbons (Fsp3) is 0.400. The lowest BCUT2D eigenvalue weighted by Gasteiger charge is -2.19. The summed E-state index contributed by atoms with van der Waals surface area (Å²) in [4.78, 5) is 11.4. The van der Waals surface area contributed by atoms with Crippen molar-refractivity contribution in [2.24, 2.45) is 0 Å². The molecule has 0 bridgehead atoms. The first-order valence-corrected chi connectivity index (χ1v) is 10.1. The Balaban J connectivity index is 1.80. The van der Waals surface area contributed by atoms with Crippen molar-refractivity contribution < 1.29 is 0 Å². The summed E-state index contributed by atoms with van der Waals surface area (Å²) in [6, 6.07) is 8.52. The van der Waals surface area contributed by atoms with E-state index in [4.69, 9.17) is 5.10 Å². The highest BCUT2D eigenvalue weighted by molar-refractivity contribution is 8.00. The molecule has 0 atom stereocenters. The monoisotopic (exact) mass is 382 g/mol. The summed E-state index contributed by atoms with van der Waals surface area (Å²) < 4.78 is 2.13. The molecule has 1 N–H and O–H groups in total. The standard InChI is InChI=1S/C20H26N6S/c1-24(2)11-10-21-14-7-8-15-17-19(23-26(15)13-12-25(3)4)18-16(27-20(14)17)6-5-9-22-18/h5-9,21H,10-13H2,1-4H3. The first kappa shape index (κ1) is 18.3. The molecular weight excluding hydrogens is 356 g/mol. The van der Waals surface area contributed by atoms with Crippen molar-refractivity contribution in [3.05, 3.63) is 30.5 Å². The lowest BCUT2D eigenvalue weighted by atomic mass is 10.1. The van der Waals surface area contributed by atoms with Crippen LogP contribution in [-0.2, 0) is 6.54 Å². The van der Waals surface area contributed by atoms with Gasteiger partial charge in [0.15, 0.2) is 0 Å². The summed E-state index contributed by atoms with van der Waals surface area (Å²) in [7, 11) is 8.38. The van der Waals surface area contributed by atoms with Gasteiger partial charge in [-0.3, -0.25) is 9.67 Å². The topological polar surface area (TPSA) is 49.2 Å². The summed E-state index contributed by atoms with van der Waals surface area (Å²) >= 11 is 1.80. The molecule has 7 heteroatoms. The van der Waals surface area contributed by atoms with Crippen LogP contribution in [-0.4, -0.2) is 72.4 Å². The number of fused-ring (bicyclic) bond motifs is 2. The molecular formula is C20H26N6S. The zero-order valence-electron chi connectivity index (χ0n) is 16.4. The average Bonchev–Trinajstić information content (AvgIpc) is 3.01. The van der Waals surface area contributed by atoms with Crippen LogP contribution in [0.4, 0.5) is 5.69 Å². The number of nitrogens with one attached hydrogen (secondary N) is 1. The number of benzene rings is 1. The van der Waals surface area contributed by atoms with Crippen molar-refractivity contribution in [1.82, 2.24) is 24.6 Å². The van der Waals surface area contributed by atoms with Gasteiger partial charge in [0, 0.05) is 46.7 Å². The quantitative estimate of drug-likeness (QED) is 0.530. The third-order valence-corrected chi connectivity index (χ3v) is 5.89. The second-order valence-corrected chi connectivity index (χ2v) is 8.45. The van der Waals surface area contributed by atoms with Crippen LogP contribution in [0, 0.1) is 0 Å². The molecule has 0 saturated heterocycles. The molecule has 1 aliphatic rings. The molecule has 0 spiro atoms. The summed E-state index contributed by atoms with van der Waals surface area (Å²) in [5.74, 6) is 0. The molecule has 0 amide bonds. The summed E-state index contributed by atoms with van der Waals surface area (Å²) in [5.41, 5.74) is 4.36. The normalized spacial score (nSPS) is 12.8. The predicted octanol–water partition coefficient (Wildman–Crippen LogP) is 3.10. The number of aromatic nitrogens is 3. The van der Waals surface area contributed by atoms with E-state index in [2.05, 4.69) is 71.2 Å². The number of rotatable bonds is 7. The van der Waals surface area contributed by atoms with E-state index in [0.29, 0.717) is 0 Å². The fourth-order valence-electron chi connectivity index (χ4n) is 3.29. The largest absolute Gasteiger partial charge is 0.383 e. The summed E-state index contributed by atoms with van der Waals surface area (Å²) in [5, 5.41) is 9.79. The summed E-state index contributed by atoms with van der Waals surface area (Å²) in [6.07, 6.45) is 1.86. The Hall–Kier alpha value is -2.09. The molecule has 27 heavy (non-hydrogen) atoms. The zero-order chi connectivity index (χ0) is 19.0. The maximum absolute atomic E-state index is 4.96. The van der Waals surface area contributed by atoms with Gasteiger partial charge in [-0.05, 0) is 52.5 Å². The minimum atomic E-state index is 0.864. The smallest absolute Gasteiger partial charge is 0.121 e. The SMILES string of the molecule is CN(C)CCNc1ccc2c3c(nn2CCN(C)C)-c2ncccc2Sc13. The highest BCUT2D eigenvalue weighted by atomic mass is 32.2. The van der Waals surface area contributed by atoms with Gasteiger partial charge in [-0.15, -0.1) is 0 Å². The highest BCUT2D eigenvalue weighted by Gasteiger charge is 2.26. The lowest BCUT2D eigenvalue weighted by Crippen LogP contribution is -2.21. The molecule has 3 heterocycles. The first-order valence-electron chi connectivity index (χ1n) is 9.24. The zero-order valence-corrected chi connectivity index (χ0v) is 17.2. The van der Waals surface area contributed by atoms with Crippen LogP contribution >= 0.6 is 11.8 Å². The van der Waals surface area contributed by atoms with Gasteiger partial charge in [0.05, 0.1) is 12.1 Å². The Kier molecular flexibility index (Phi) is 5.08. The van der Waals surface area contributed by atoms with E-state index in [-0.39, 0.29) is 0 Å². The van der Waals surface area contributed by atoms with E-state index in [1.807, 2.05) is 12.3 Å². The van der Waals surface area contributed by atoms with Crippen LogP contribution in [0.5, 0.6) is 0 Å². The minimum Gasteiger partial charge on any atom is -0.383 e. The van der Waals surface area contributed by atoms with Gasteiger partial charge >= 0.3 is 0 Å². The van der Waals surface area contributed by atoms with Crippen molar-refractivity contribution in [3.8, 4) is 11.4 Å². The molecule has 6 nitrogen and oxygen atoms in total. The molecule has 1 aromatic carbocycles. The number of hydrogen-bond acceptors (Lipinski definition) is 6. The molecule has 0 unspecified atom stereocenters. The van der Waals surface area contributed by atoms with Crippen molar-refractivity contribution in [1.29, 1.82) is 0 Å². The number of hydrogen-bond donors (Lipinski definition) is 1. The van der Waals surface area contributed by atoms with Gasteiger partial charge in [-0.2, -0.15) is 5.10 Å². The van der Waals surface area contributed by atoms with Crippen LogP contribution in [0.2, 0.25) is 0 Å². The fourth-order valence-corrected chi connectivity index (χ4v) is 4.46. The molecule has 0 saturated carbocycles. The Labute approximate surface area is 164 Å². The molecule has 2 aromatic heterocycles. The number of likely N-dealkylation sites (N-methyl/N-ethyl adjacent to an activating group) is 2. The third kappa shape index (κ3) is 3.54. The van der Waals surface area contributed by atoms with Gasteiger partial charge in [0.25, 0.3) is 0 Å². The molecule has 142 valence electrons. The Bertz CT molecular complexity index is 963. The predicted molar refractivity (Wildman–Crippen MR) is 113 cm³/mol. The molecule has 4 rings (SSSR count). The highest BCUT2D eigenvalue weighted by Crippen LogP contribution is 2.49. The Morgan fingerprint density at radius 1 is 1.04 bits per heavy atom. The van der Waals surface area contributed by atoms with E-state index >= 15 is 0 Å². The average molecular weight is 383 g/mol. The maximum atomic E-state index is 4.96. The van der Waals surface area contributed by atoms with E-state index in [1.54, 1.807) is 11.8 Å². The Morgan fingerprint density at radius 3 is 2.63 bits per heavy atom. The third-order valence-electron chi connectivity index (χ3n) is 4.71. The second kappa shape index (κ2) is 7.50. The number of pyridine rings is 1. The van der Waals surface area contributed by atoms with Crippen molar-refractivity contribution >= 4 is 28.4 Å². The van der Waals surface area contributed by atoms with Gasteiger partial charge < -0.3 is 15.1 Å². The first-order chi connectivity index (χ1) is 13.0. The summed E-state index contributed by atoms with van der Waals surface area (Å²) in [6.45, 7) is 3.73.